The van der Waals surface area contributed by atoms with E-state index in [0.29, 0.717) is 6.04 Å². The molecule has 1 N–H and O–H groups in total. The first-order valence-electron chi connectivity index (χ1n) is 6.81. The Balaban J connectivity index is 1.87. The molecule has 5 nitrogen and oxygen atoms in total. The van der Waals surface area contributed by atoms with Gasteiger partial charge in [0.2, 0.25) is 0 Å². The maximum absolute atomic E-state index is 4.20. The van der Waals surface area contributed by atoms with Crippen LogP contribution >= 0.6 is 0 Å². The zero-order valence-corrected chi connectivity index (χ0v) is 11.4. The third kappa shape index (κ3) is 2.26. The fourth-order valence-electron chi connectivity index (χ4n) is 2.76. The molecule has 19 heavy (non-hydrogen) atoms. The van der Waals surface area contributed by atoms with Gasteiger partial charge in [-0.25, -0.2) is 4.68 Å². The standard InChI is InChI=1S/C14H19N5/c1-10(15-2)14-16-17-18-19(14)13-8-7-11-5-3-4-6-12(11)9-13/h3-6,10,13,15H,7-9H2,1-2H3. The van der Waals surface area contributed by atoms with Gasteiger partial charge in [0.15, 0.2) is 5.82 Å². The third-order valence-corrected chi connectivity index (χ3v) is 4.01. The Kier molecular flexibility index (Phi) is 3.29. The van der Waals surface area contributed by atoms with Crippen LogP contribution in [-0.2, 0) is 12.8 Å². The molecule has 2 unspecified atom stereocenters. The summed E-state index contributed by atoms with van der Waals surface area (Å²) in [6.07, 6.45) is 3.23. The lowest BCUT2D eigenvalue weighted by atomic mass is 9.88. The van der Waals surface area contributed by atoms with Crippen LogP contribution in [0.25, 0.3) is 0 Å². The SMILES string of the molecule is CNC(C)c1nnnn1C1CCc2ccccc2C1. The van der Waals surface area contributed by atoms with Crippen molar-refractivity contribution in [3.05, 3.63) is 41.2 Å². The van der Waals surface area contributed by atoms with Crippen LogP contribution in [0, 0.1) is 0 Å². The van der Waals surface area contributed by atoms with Gasteiger partial charge in [-0.3, -0.25) is 0 Å². The number of aromatic nitrogens is 4. The Labute approximate surface area is 113 Å². The molecule has 1 aliphatic carbocycles. The van der Waals surface area contributed by atoms with E-state index < -0.39 is 0 Å². The fourth-order valence-corrected chi connectivity index (χ4v) is 2.76. The van der Waals surface area contributed by atoms with Crippen molar-refractivity contribution in [1.82, 2.24) is 25.5 Å². The maximum Gasteiger partial charge on any atom is 0.168 e. The second-order valence-electron chi connectivity index (χ2n) is 5.16. The summed E-state index contributed by atoms with van der Waals surface area (Å²) in [5.74, 6) is 0.923. The Morgan fingerprint density at radius 3 is 2.89 bits per heavy atom. The average molecular weight is 257 g/mol. The topological polar surface area (TPSA) is 55.6 Å². The molecule has 5 heteroatoms. The number of benzene rings is 1. The number of aryl methyl sites for hydroxylation is 1. The predicted molar refractivity (Wildman–Crippen MR) is 72.8 cm³/mol. The molecule has 0 fully saturated rings. The quantitative estimate of drug-likeness (QED) is 0.909. The monoisotopic (exact) mass is 257 g/mol. The van der Waals surface area contributed by atoms with Crippen LogP contribution < -0.4 is 5.32 Å². The molecule has 0 radical (unpaired) electrons. The van der Waals surface area contributed by atoms with Gasteiger partial charge in [-0.2, -0.15) is 0 Å². The zero-order valence-electron chi connectivity index (χ0n) is 11.4. The highest BCUT2D eigenvalue weighted by Crippen LogP contribution is 2.29. The van der Waals surface area contributed by atoms with E-state index in [4.69, 9.17) is 0 Å². The van der Waals surface area contributed by atoms with Gasteiger partial charge in [-0.05, 0) is 54.8 Å². The Morgan fingerprint density at radius 1 is 1.32 bits per heavy atom. The smallest absolute Gasteiger partial charge is 0.168 e. The molecule has 100 valence electrons. The van der Waals surface area contributed by atoms with E-state index in [1.54, 1.807) is 0 Å². The average Bonchev–Trinajstić information content (AvgIpc) is 2.95. The summed E-state index contributed by atoms with van der Waals surface area (Å²) in [4.78, 5) is 0. The highest BCUT2D eigenvalue weighted by atomic mass is 15.6. The van der Waals surface area contributed by atoms with E-state index in [2.05, 4.69) is 52.0 Å². The first-order chi connectivity index (χ1) is 9.29. The van der Waals surface area contributed by atoms with Crippen molar-refractivity contribution in [2.24, 2.45) is 0 Å². The summed E-state index contributed by atoms with van der Waals surface area (Å²) in [7, 11) is 1.93. The van der Waals surface area contributed by atoms with Crippen molar-refractivity contribution in [1.29, 1.82) is 0 Å². The molecule has 0 spiro atoms. The molecule has 3 rings (SSSR count). The summed E-state index contributed by atoms with van der Waals surface area (Å²) in [6.45, 7) is 2.08. The predicted octanol–water partition coefficient (Wildman–Crippen LogP) is 1.68. The number of fused-ring (bicyclic) bond motifs is 1. The largest absolute Gasteiger partial charge is 0.311 e. The molecule has 0 aliphatic heterocycles. The molecule has 2 atom stereocenters. The molecule has 1 aromatic carbocycles. The van der Waals surface area contributed by atoms with E-state index in [1.807, 2.05) is 11.7 Å². The van der Waals surface area contributed by atoms with E-state index in [1.165, 1.54) is 11.1 Å². The third-order valence-electron chi connectivity index (χ3n) is 4.01. The summed E-state index contributed by atoms with van der Waals surface area (Å²) >= 11 is 0. The van der Waals surface area contributed by atoms with Gasteiger partial charge < -0.3 is 5.32 Å². The van der Waals surface area contributed by atoms with Crippen LogP contribution in [0.3, 0.4) is 0 Å². The molecule has 0 bridgehead atoms. The Morgan fingerprint density at radius 2 is 2.11 bits per heavy atom. The van der Waals surface area contributed by atoms with Gasteiger partial charge in [0.1, 0.15) is 0 Å². The van der Waals surface area contributed by atoms with Crippen LogP contribution in [0.2, 0.25) is 0 Å². The van der Waals surface area contributed by atoms with E-state index in [-0.39, 0.29) is 6.04 Å². The van der Waals surface area contributed by atoms with Gasteiger partial charge in [0.25, 0.3) is 0 Å². The van der Waals surface area contributed by atoms with Gasteiger partial charge >= 0.3 is 0 Å². The minimum atomic E-state index is 0.173. The first-order valence-corrected chi connectivity index (χ1v) is 6.81. The molecule has 0 amide bonds. The molecule has 0 saturated carbocycles. The zero-order chi connectivity index (χ0) is 13.2. The summed E-state index contributed by atoms with van der Waals surface area (Å²) in [6, 6.07) is 9.21. The number of nitrogens with zero attached hydrogens (tertiary/aromatic N) is 4. The fraction of sp³-hybridized carbons (Fsp3) is 0.500. The second-order valence-corrected chi connectivity index (χ2v) is 5.16. The van der Waals surface area contributed by atoms with Crippen molar-refractivity contribution >= 4 is 0 Å². The van der Waals surface area contributed by atoms with Crippen LogP contribution in [0.1, 0.15) is 42.4 Å². The molecule has 1 aromatic heterocycles. The lowest BCUT2D eigenvalue weighted by Crippen LogP contribution is -2.25. The van der Waals surface area contributed by atoms with Crippen LogP contribution in [-0.4, -0.2) is 27.3 Å². The van der Waals surface area contributed by atoms with Gasteiger partial charge in [-0.1, -0.05) is 24.3 Å². The van der Waals surface area contributed by atoms with Crippen LogP contribution in [0.5, 0.6) is 0 Å². The molecule has 0 saturated heterocycles. The molecule has 1 aliphatic rings. The van der Waals surface area contributed by atoms with Crippen molar-refractivity contribution in [2.45, 2.75) is 38.3 Å². The number of nitrogens with one attached hydrogen (secondary N) is 1. The van der Waals surface area contributed by atoms with Crippen molar-refractivity contribution in [2.75, 3.05) is 7.05 Å². The summed E-state index contributed by atoms with van der Waals surface area (Å²) in [5, 5.41) is 15.4. The Hall–Kier alpha value is -1.75. The van der Waals surface area contributed by atoms with E-state index in [9.17, 15) is 0 Å². The van der Waals surface area contributed by atoms with E-state index >= 15 is 0 Å². The minimum Gasteiger partial charge on any atom is -0.311 e. The normalized spacial score (nSPS) is 20.0. The molecule has 2 aromatic rings. The van der Waals surface area contributed by atoms with Crippen molar-refractivity contribution in [3.63, 3.8) is 0 Å². The molecule has 1 heterocycles. The van der Waals surface area contributed by atoms with Crippen LogP contribution in [0.15, 0.2) is 24.3 Å². The highest BCUT2D eigenvalue weighted by Gasteiger charge is 2.24. The minimum absolute atomic E-state index is 0.173. The van der Waals surface area contributed by atoms with Gasteiger partial charge in [0.05, 0.1) is 12.1 Å². The summed E-state index contributed by atoms with van der Waals surface area (Å²) in [5.41, 5.74) is 2.90. The molecular weight excluding hydrogens is 238 g/mol. The number of hydrogen-bond donors (Lipinski definition) is 1. The lowest BCUT2D eigenvalue weighted by molar-refractivity contribution is 0.372. The summed E-state index contributed by atoms with van der Waals surface area (Å²) < 4.78 is 2.00. The van der Waals surface area contributed by atoms with E-state index in [0.717, 1.165) is 25.1 Å². The van der Waals surface area contributed by atoms with Crippen molar-refractivity contribution in [3.8, 4) is 0 Å². The number of tetrazole rings is 1. The lowest BCUT2D eigenvalue weighted by Gasteiger charge is -2.26. The van der Waals surface area contributed by atoms with Gasteiger partial charge in [-0.15, -0.1) is 5.10 Å². The van der Waals surface area contributed by atoms with Gasteiger partial charge in [0, 0.05) is 0 Å². The maximum atomic E-state index is 4.20. The Bertz CT molecular complexity index is 562. The van der Waals surface area contributed by atoms with Crippen LogP contribution in [0.4, 0.5) is 0 Å². The first kappa shape index (κ1) is 12.3. The molecular formula is C14H19N5. The second kappa shape index (κ2) is 5.09. The highest BCUT2D eigenvalue weighted by molar-refractivity contribution is 5.30. The van der Waals surface area contributed by atoms with Crippen molar-refractivity contribution < 1.29 is 0 Å². The number of hydrogen-bond acceptors (Lipinski definition) is 4. The number of rotatable bonds is 3.